The monoisotopic (exact) mass is 262 g/mol. The van der Waals surface area contributed by atoms with Crippen LogP contribution in [-0.2, 0) is 17.8 Å². The van der Waals surface area contributed by atoms with E-state index in [2.05, 4.69) is 41.4 Å². The maximum absolute atomic E-state index is 5.47. The highest BCUT2D eigenvalue weighted by atomic mass is 16.5. The minimum atomic E-state index is 0.418. The molecular weight excluding hydrogens is 236 g/mol. The topological polar surface area (TPSA) is 24.5 Å². The summed E-state index contributed by atoms with van der Waals surface area (Å²) in [6, 6.07) is 8.97. The Hall–Kier alpha value is -0.900. The van der Waals surface area contributed by atoms with E-state index in [4.69, 9.17) is 4.74 Å². The molecule has 1 aliphatic rings. The van der Waals surface area contributed by atoms with E-state index in [9.17, 15) is 0 Å². The Morgan fingerprint density at radius 3 is 2.68 bits per heavy atom. The predicted molar refractivity (Wildman–Crippen MR) is 79.1 cm³/mol. The molecule has 19 heavy (non-hydrogen) atoms. The van der Waals surface area contributed by atoms with Gasteiger partial charge < -0.3 is 10.1 Å². The molecule has 0 radical (unpaired) electrons. The molecule has 1 fully saturated rings. The maximum atomic E-state index is 5.47. The van der Waals surface area contributed by atoms with Crippen molar-refractivity contribution in [3.8, 4) is 0 Å². The first-order chi connectivity index (χ1) is 9.31. The van der Waals surface area contributed by atoms with Crippen molar-refractivity contribution < 1.29 is 4.74 Å². The van der Waals surface area contributed by atoms with Crippen molar-refractivity contribution in [2.45, 2.75) is 39.0 Å². The Morgan fingerprint density at radius 2 is 2.00 bits per heavy atom. The van der Waals surface area contributed by atoms with Crippen LogP contribution in [-0.4, -0.2) is 37.7 Å². The number of rotatable bonds is 6. The van der Waals surface area contributed by atoms with Crippen LogP contribution in [0.2, 0.25) is 0 Å². The van der Waals surface area contributed by atoms with Crippen LogP contribution in [0.15, 0.2) is 24.3 Å². The van der Waals surface area contributed by atoms with Gasteiger partial charge in [-0.2, -0.15) is 0 Å². The number of piperidine rings is 1. The highest BCUT2D eigenvalue weighted by molar-refractivity contribution is 5.22. The fourth-order valence-electron chi connectivity index (χ4n) is 2.64. The number of nitrogens with one attached hydrogen (secondary N) is 1. The van der Waals surface area contributed by atoms with Gasteiger partial charge in [0.2, 0.25) is 0 Å². The van der Waals surface area contributed by atoms with Gasteiger partial charge in [-0.25, -0.2) is 0 Å². The number of ether oxygens (including phenoxy) is 1. The molecule has 0 saturated carbocycles. The van der Waals surface area contributed by atoms with Crippen molar-refractivity contribution >= 4 is 0 Å². The number of methoxy groups -OCH3 is 1. The first kappa shape index (κ1) is 14.5. The van der Waals surface area contributed by atoms with Gasteiger partial charge >= 0.3 is 0 Å². The molecule has 2 rings (SSSR count). The molecule has 0 spiro atoms. The van der Waals surface area contributed by atoms with Crippen molar-refractivity contribution in [3.63, 3.8) is 0 Å². The highest BCUT2D eigenvalue weighted by Crippen LogP contribution is 2.15. The van der Waals surface area contributed by atoms with Crippen molar-refractivity contribution in [1.29, 1.82) is 0 Å². The second kappa shape index (κ2) is 7.63. The van der Waals surface area contributed by atoms with Crippen molar-refractivity contribution in [3.05, 3.63) is 35.4 Å². The van der Waals surface area contributed by atoms with E-state index in [1.165, 1.54) is 30.5 Å². The molecule has 1 aromatic carbocycles. The van der Waals surface area contributed by atoms with Crippen LogP contribution in [0.3, 0.4) is 0 Å². The van der Waals surface area contributed by atoms with E-state index < -0.39 is 0 Å². The lowest BCUT2D eigenvalue weighted by Gasteiger charge is -2.31. The average Bonchev–Trinajstić information content (AvgIpc) is 2.47. The Kier molecular flexibility index (Phi) is 5.83. The number of hydrogen-bond donors (Lipinski definition) is 1. The Labute approximate surface area is 116 Å². The zero-order valence-corrected chi connectivity index (χ0v) is 12.2. The molecule has 0 amide bonds. The summed E-state index contributed by atoms with van der Waals surface area (Å²) in [5, 5.41) is 3.35. The van der Waals surface area contributed by atoms with Gasteiger partial charge in [-0.3, -0.25) is 4.90 Å². The average molecular weight is 262 g/mol. The molecule has 0 bridgehead atoms. The summed E-state index contributed by atoms with van der Waals surface area (Å²) in [6.07, 6.45) is 2.87. The molecule has 0 aromatic heterocycles. The molecule has 1 unspecified atom stereocenters. The zero-order valence-electron chi connectivity index (χ0n) is 12.2. The third-order valence-corrected chi connectivity index (χ3v) is 3.80. The summed E-state index contributed by atoms with van der Waals surface area (Å²) >= 11 is 0. The van der Waals surface area contributed by atoms with Gasteiger partial charge in [0.15, 0.2) is 0 Å². The van der Waals surface area contributed by atoms with E-state index in [0.717, 1.165) is 26.2 Å². The van der Waals surface area contributed by atoms with Gasteiger partial charge in [0.05, 0.1) is 6.10 Å². The fraction of sp³-hybridized carbons (Fsp3) is 0.625. The maximum Gasteiger partial charge on any atom is 0.0698 e. The molecule has 1 N–H and O–H groups in total. The van der Waals surface area contributed by atoms with E-state index >= 15 is 0 Å². The van der Waals surface area contributed by atoms with Crippen LogP contribution in [0.4, 0.5) is 0 Å². The molecule has 106 valence electrons. The molecule has 1 atom stereocenters. The van der Waals surface area contributed by atoms with Crippen LogP contribution < -0.4 is 5.32 Å². The largest absolute Gasteiger partial charge is 0.380 e. The first-order valence-electron chi connectivity index (χ1n) is 7.35. The molecule has 1 aromatic rings. The lowest BCUT2D eigenvalue weighted by Crippen LogP contribution is -2.38. The van der Waals surface area contributed by atoms with Crippen LogP contribution in [0, 0.1) is 0 Å². The van der Waals surface area contributed by atoms with Gasteiger partial charge in [-0.1, -0.05) is 31.2 Å². The van der Waals surface area contributed by atoms with Crippen LogP contribution in [0.5, 0.6) is 0 Å². The van der Waals surface area contributed by atoms with Crippen LogP contribution in [0.1, 0.15) is 30.9 Å². The van der Waals surface area contributed by atoms with E-state index in [1.54, 1.807) is 0 Å². The van der Waals surface area contributed by atoms with Crippen LogP contribution in [0.25, 0.3) is 0 Å². The van der Waals surface area contributed by atoms with Crippen molar-refractivity contribution in [2.24, 2.45) is 0 Å². The standard InChI is InChI=1S/C16H26N2O/c1-3-17-11-14-6-8-15(9-7-14)12-18-10-4-5-16(13-18)19-2/h6-9,16-17H,3-5,10-13H2,1-2H3. The molecular formula is C16H26N2O. The summed E-state index contributed by atoms with van der Waals surface area (Å²) in [6.45, 7) is 7.42. The Morgan fingerprint density at radius 1 is 1.26 bits per heavy atom. The quantitative estimate of drug-likeness (QED) is 0.852. The van der Waals surface area contributed by atoms with E-state index in [-0.39, 0.29) is 0 Å². The lowest BCUT2D eigenvalue weighted by atomic mass is 10.1. The van der Waals surface area contributed by atoms with Crippen LogP contribution >= 0.6 is 0 Å². The molecule has 3 heteroatoms. The number of likely N-dealkylation sites (tertiary alicyclic amines) is 1. The predicted octanol–water partition coefficient (Wildman–Crippen LogP) is 2.41. The minimum Gasteiger partial charge on any atom is -0.380 e. The highest BCUT2D eigenvalue weighted by Gasteiger charge is 2.19. The SMILES string of the molecule is CCNCc1ccc(CN2CCCC(OC)C2)cc1. The molecule has 1 saturated heterocycles. The van der Waals surface area contributed by atoms with Crippen molar-refractivity contribution in [2.75, 3.05) is 26.7 Å². The summed E-state index contributed by atoms with van der Waals surface area (Å²) in [5.41, 5.74) is 2.76. The van der Waals surface area contributed by atoms with Gasteiger partial charge in [-0.05, 0) is 37.1 Å². The minimum absolute atomic E-state index is 0.418. The normalized spacial score (nSPS) is 20.6. The molecule has 1 heterocycles. The molecule has 3 nitrogen and oxygen atoms in total. The summed E-state index contributed by atoms with van der Waals surface area (Å²) in [4.78, 5) is 2.50. The smallest absolute Gasteiger partial charge is 0.0698 e. The zero-order chi connectivity index (χ0) is 13.5. The van der Waals surface area contributed by atoms with Gasteiger partial charge in [-0.15, -0.1) is 0 Å². The summed E-state index contributed by atoms with van der Waals surface area (Å²) < 4.78 is 5.47. The second-order valence-electron chi connectivity index (χ2n) is 5.33. The third kappa shape index (κ3) is 4.60. The number of nitrogens with zero attached hydrogens (tertiary/aromatic N) is 1. The lowest BCUT2D eigenvalue weighted by molar-refractivity contribution is 0.0285. The molecule has 0 aliphatic carbocycles. The summed E-state index contributed by atoms with van der Waals surface area (Å²) in [5.74, 6) is 0. The van der Waals surface area contributed by atoms with Crippen molar-refractivity contribution in [1.82, 2.24) is 10.2 Å². The van der Waals surface area contributed by atoms with Gasteiger partial charge in [0, 0.05) is 26.7 Å². The molecule has 1 aliphatic heterocycles. The van der Waals surface area contributed by atoms with Gasteiger partial charge in [0.1, 0.15) is 0 Å². The van der Waals surface area contributed by atoms with Gasteiger partial charge in [0.25, 0.3) is 0 Å². The van der Waals surface area contributed by atoms with E-state index in [0.29, 0.717) is 6.10 Å². The third-order valence-electron chi connectivity index (χ3n) is 3.80. The van der Waals surface area contributed by atoms with E-state index in [1.807, 2.05) is 7.11 Å². The fourth-order valence-corrected chi connectivity index (χ4v) is 2.64. The first-order valence-corrected chi connectivity index (χ1v) is 7.35. The Balaban J connectivity index is 1.85. The number of hydrogen-bond acceptors (Lipinski definition) is 3. The number of benzene rings is 1. The Bertz CT molecular complexity index is 364. The summed E-state index contributed by atoms with van der Waals surface area (Å²) in [7, 11) is 1.82. The second-order valence-corrected chi connectivity index (χ2v) is 5.33.